The number of hydrogen-bond acceptors (Lipinski definition) is 7. The van der Waals surface area contributed by atoms with Crippen molar-refractivity contribution in [3.63, 3.8) is 0 Å². The van der Waals surface area contributed by atoms with Crippen LogP contribution in [0.2, 0.25) is 5.02 Å². The lowest BCUT2D eigenvalue weighted by Crippen LogP contribution is -2.33. The molecule has 2 aromatic carbocycles. The van der Waals surface area contributed by atoms with E-state index in [2.05, 4.69) is 0 Å². The maximum absolute atomic E-state index is 12.9. The molecule has 1 amide bonds. The zero-order valence-corrected chi connectivity index (χ0v) is 17.0. The van der Waals surface area contributed by atoms with Gasteiger partial charge in [0, 0.05) is 29.3 Å². The Balaban J connectivity index is 2.12. The van der Waals surface area contributed by atoms with E-state index in [1.54, 1.807) is 24.3 Å². The number of non-ortho nitro benzene ring substituents is 1. The van der Waals surface area contributed by atoms with Crippen molar-refractivity contribution in [3.05, 3.63) is 80.4 Å². The number of nitro benzene ring substituents is 1. The van der Waals surface area contributed by atoms with Crippen LogP contribution in [0.1, 0.15) is 17.2 Å². The number of aliphatic hydroxyl groups excluding tert-OH is 2. The van der Waals surface area contributed by atoms with Gasteiger partial charge < -0.3 is 19.8 Å². The van der Waals surface area contributed by atoms with Crippen LogP contribution in [0.3, 0.4) is 0 Å². The van der Waals surface area contributed by atoms with Gasteiger partial charge in [0.15, 0.2) is 0 Å². The van der Waals surface area contributed by atoms with Gasteiger partial charge in [-0.1, -0.05) is 41.9 Å². The van der Waals surface area contributed by atoms with Crippen molar-refractivity contribution in [2.75, 3.05) is 26.4 Å². The molecule has 1 saturated heterocycles. The Hall–Kier alpha value is -3.27. The Bertz CT molecular complexity index is 1050. The molecule has 162 valence electrons. The van der Waals surface area contributed by atoms with E-state index < -0.39 is 28.4 Å². The molecule has 0 aromatic heterocycles. The summed E-state index contributed by atoms with van der Waals surface area (Å²) in [6.45, 7) is -0.0779. The van der Waals surface area contributed by atoms with Crippen molar-refractivity contribution in [1.82, 2.24) is 4.90 Å². The summed E-state index contributed by atoms with van der Waals surface area (Å²) in [4.78, 5) is 37.3. The summed E-state index contributed by atoms with van der Waals surface area (Å²) >= 11 is 6.32. The van der Waals surface area contributed by atoms with Gasteiger partial charge in [-0.25, -0.2) is 0 Å². The number of amides is 1. The van der Waals surface area contributed by atoms with E-state index in [1.807, 2.05) is 0 Å². The van der Waals surface area contributed by atoms with Crippen LogP contribution in [0.25, 0.3) is 5.76 Å². The van der Waals surface area contributed by atoms with E-state index in [0.29, 0.717) is 5.56 Å². The van der Waals surface area contributed by atoms with E-state index in [-0.39, 0.29) is 48.2 Å². The highest BCUT2D eigenvalue weighted by Crippen LogP contribution is 2.41. The van der Waals surface area contributed by atoms with Crippen LogP contribution >= 0.6 is 11.6 Å². The van der Waals surface area contributed by atoms with Gasteiger partial charge in [-0.15, -0.1) is 0 Å². The molecule has 0 aliphatic carbocycles. The number of ketones is 1. The van der Waals surface area contributed by atoms with Crippen LogP contribution in [0.5, 0.6) is 0 Å². The van der Waals surface area contributed by atoms with Gasteiger partial charge in [0.2, 0.25) is 0 Å². The third-order valence-corrected chi connectivity index (χ3v) is 5.13. The molecule has 9 nitrogen and oxygen atoms in total. The van der Waals surface area contributed by atoms with Crippen molar-refractivity contribution >= 4 is 34.7 Å². The summed E-state index contributed by atoms with van der Waals surface area (Å²) in [5, 5.41) is 31.1. The third-order valence-electron chi connectivity index (χ3n) is 4.78. The average molecular weight is 447 g/mol. The minimum absolute atomic E-state index is 0.00613. The smallest absolute Gasteiger partial charge is 0.295 e. The van der Waals surface area contributed by atoms with Crippen molar-refractivity contribution in [1.29, 1.82) is 0 Å². The first-order valence-corrected chi connectivity index (χ1v) is 9.71. The number of benzene rings is 2. The number of nitro groups is 1. The van der Waals surface area contributed by atoms with Crippen molar-refractivity contribution in [3.8, 4) is 0 Å². The number of hydrogen-bond donors (Lipinski definition) is 2. The summed E-state index contributed by atoms with van der Waals surface area (Å²) in [6.07, 6.45) is 0. The summed E-state index contributed by atoms with van der Waals surface area (Å²) in [6, 6.07) is 10.7. The number of nitrogens with zero attached hydrogens (tertiary/aromatic N) is 2. The molecule has 1 aliphatic heterocycles. The van der Waals surface area contributed by atoms with Gasteiger partial charge in [-0.3, -0.25) is 19.7 Å². The number of carbonyl (C=O) groups excluding carboxylic acids is 2. The first kappa shape index (κ1) is 22.4. The number of rotatable bonds is 8. The lowest BCUT2D eigenvalue weighted by atomic mass is 9.95. The van der Waals surface area contributed by atoms with E-state index in [9.17, 15) is 24.8 Å². The maximum Gasteiger partial charge on any atom is 0.295 e. The second kappa shape index (κ2) is 9.69. The predicted molar refractivity (Wildman–Crippen MR) is 111 cm³/mol. The summed E-state index contributed by atoms with van der Waals surface area (Å²) in [5.41, 5.74) is -0.0518. The minimum Gasteiger partial charge on any atom is -0.507 e. The molecule has 0 unspecified atom stereocenters. The molecule has 0 bridgehead atoms. The number of halogens is 1. The number of aliphatic hydroxyl groups is 2. The molecule has 31 heavy (non-hydrogen) atoms. The van der Waals surface area contributed by atoms with Crippen molar-refractivity contribution < 1.29 is 29.5 Å². The Morgan fingerprint density at radius 3 is 2.58 bits per heavy atom. The maximum atomic E-state index is 12.9. The lowest BCUT2D eigenvalue weighted by Gasteiger charge is -2.26. The van der Waals surface area contributed by atoms with Gasteiger partial charge in [0.05, 0.1) is 36.4 Å². The monoisotopic (exact) mass is 446 g/mol. The van der Waals surface area contributed by atoms with Crippen molar-refractivity contribution in [2.24, 2.45) is 0 Å². The fourth-order valence-electron chi connectivity index (χ4n) is 3.38. The fourth-order valence-corrected chi connectivity index (χ4v) is 3.62. The highest BCUT2D eigenvalue weighted by molar-refractivity contribution is 6.47. The number of carbonyl (C=O) groups is 2. The zero-order chi connectivity index (χ0) is 22.5. The number of ether oxygens (including phenoxy) is 1. The molecule has 2 N–H and O–H groups in total. The fraction of sp³-hybridized carbons (Fsp3) is 0.238. The summed E-state index contributed by atoms with van der Waals surface area (Å²) in [5.74, 6) is -2.33. The van der Waals surface area contributed by atoms with Gasteiger partial charge in [-0.05, 0) is 11.6 Å². The number of likely N-dealkylation sites (tertiary alicyclic amines) is 1. The molecule has 1 fully saturated rings. The van der Waals surface area contributed by atoms with Crippen LogP contribution in [0.4, 0.5) is 5.69 Å². The predicted octanol–water partition coefficient (Wildman–Crippen LogP) is 2.68. The van der Waals surface area contributed by atoms with E-state index in [1.165, 1.54) is 23.1 Å². The standard InChI is InChI=1S/C21H19ClN2O7/c22-16-7-2-1-6-15(16)18-17(19(26)13-4-3-5-14(12-13)24(29)30)20(27)21(28)23(18)8-10-31-11-9-25/h1-7,12,18,25-26H,8-11H2/t18-/m0/s1. The molecule has 0 spiro atoms. The normalized spacial score (nSPS) is 17.9. The lowest BCUT2D eigenvalue weighted by molar-refractivity contribution is -0.384. The largest absolute Gasteiger partial charge is 0.507 e. The number of Topliss-reactive ketones (excluding diaryl/α,β-unsaturated/α-hetero) is 1. The van der Waals surface area contributed by atoms with E-state index in [4.69, 9.17) is 21.4 Å². The minimum atomic E-state index is -1.01. The van der Waals surface area contributed by atoms with E-state index in [0.717, 1.165) is 6.07 Å². The molecular weight excluding hydrogens is 428 g/mol. The summed E-state index contributed by atoms with van der Waals surface area (Å²) < 4.78 is 5.22. The molecule has 1 aliphatic rings. The van der Waals surface area contributed by atoms with Crippen LogP contribution in [0, 0.1) is 10.1 Å². The highest BCUT2D eigenvalue weighted by Gasteiger charge is 2.46. The molecule has 1 heterocycles. The van der Waals surface area contributed by atoms with Crippen LogP contribution < -0.4 is 0 Å². The van der Waals surface area contributed by atoms with Crippen molar-refractivity contribution in [2.45, 2.75) is 6.04 Å². The molecule has 0 radical (unpaired) electrons. The molecule has 1 atom stereocenters. The molecule has 0 saturated carbocycles. The van der Waals surface area contributed by atoms with E-state index >= 15 is 0 Å². The highest BCUT2D eigenvalue weighted by atomic mass is 35.5. The van der Waals surface area contributed by atoms with Crippen LogP contribution in [-0.4, -0.2) is 58.1 Å². The molecular formula is C21H19ClN2O7. The van der Waals surface area contributed by atoms with Gasteiger partial charge >= 0.3 is 0 Å². The Kier molecular flexibility index (Phi) is 7.01. The zero-order valence-electron chi connectivity index (χ0n) is 16.2. The molecule has 10 heteroatoms. The second-order valence-corrected chi connectivity index (χ2v) is 7.06. The topological polar surface area (TPSA) is 130 Å². The Labute approximate surface area is 182 Å². The van der Waals surface area contributed by atoms with Gasteiger partial charge in [0.1, 0.15) is 5.76 Å². The third kappa shape index (κ3) is 4.58. The Morgan fingerprint density at radius 2 is 1.90 bits per heavy atom. The first-order valence-electron chi connectivity index (χ1n) is 9.33. The van der Waals surface area contributed by atoms with Crippen LogP contribution in [-0.2, 0) is 14.3 Å². The molecule has 3 rings (SSSR count). The second-order valence-electron chi connectivity index (χ2n) is 6.66. The van der Waals surface area contributed by atoms with Gasteiger partial charge in [-0.2, -0.15) is 0 Å². The average Bonchev–Trinajstić information content (AvgIpc) is 3.01. The molecule has 2 aromatic rings. The van der Waals surface area contributed by atoms with Gasteiger partial charge in [0.25, 0.3) is 17.4 Å². The first-order chi connectivity index (χ1) is 14.9. The quantitative estimate of drug-likeness (QED) is 0.159. The Morgan fingerprint density at radius 1 is 1.16 bits per heavy atom. The van der Waals surface area contributed by atoms with Crippen LogP contribution in [0.15, 0.2) is 54.1 Å². The SMILES string of the molecule is O=C1C(=O)N(CCOCCO)[C@@H](c2ccccc2Cl)C1=C(O)c1cccc([N+](=O)[O-])c1. The summed E-state index contributed by atoms with van der Waals surface area (Å²) in [7, 11) is 0.